The lowest BCUT2D eigenvalue weighted by Gasteiger charge is -2.28. The van der Waals surface area contributed by atoms with Gasteiger partial charge in [0.1, 0.15) is 0 Å². The second-order valence-corrected chi connectivity index (χ2v) is 11.7. The van der Waals surface area contributed by atoms with Crippen molar-refractivity contribution in [2.45, 2.75) is 97.9 Å². The lowest BCUT2D eigenvalue weighted by atomic mass is 10.1. The number of hydrogen-bond donors (Lipinski definition) is 1. The van der Waals surface area contributed by atoms with Crippen LogP contribution in [0.4, 0.5) is 0 Å². The van der Waals surface area contributed by atoms with Gasteiger partial charge in [0.15, 0.2) is 11.5 Å². The average Bonchev–Trinajstić information content (AvgIpc) is 2.87. The smallest absolute Gasteiger partial charge is 0.490 e. The highest BCUT2D eigenvalue weighted by Gasteiger charge is 2.39. The zero-order valence-corrected chi connectivity index (χ0v) is 24.6. The number of rotatable bonds is 24. The summed E-state index contributed by atoms with van der Waals surface area (Å²) in [6.45, 7) is 11.3. The molecule has 0 bridgehead atoms. The molecule has 1 aromatic rings. The minimum atomic E-state index is -2.52. The Morgan fingerprint density at radius 2 is 1.30 bits per heavy atom. The molecule has 0 aromatic heterocycles. The third-order valence-corrected chi connectivity index (χ3v) is 9.02. The van der Waals surface area contributed by atoms with Crippen molar-refractivity contribution in [3.05, 3.63) is 29.8 Å². The molecule has 0 fully saturated rings. The van der Waals surface area contributed by atoms with E-state index in [4.69, 9.17) is 27.9 Å². The van der Waals surface area contributed by atoms with E-state index in [1.54, 1.807) is 6.08 Å². The molecule has 0 aliphatic heterocycles. The van der Waals surface area contributed by atoms with Crippen LogP contribution in [0.15, 0.2) is 24.3 Å². The molecule has 0 atom stereocenters. The van der Waals surface area contributed by atoms with Crippen LogP contribution in [0.3, 0.4) is 0 Å². The first-order chi connectivity index (χ1) is 18.0. The molecule has 0 saturated carbocycles. The monoisotopic (exact) mass is 538 g/mol. The summed E-state index contributed by atoms with van der Waals surface area (Å²) in [6, 6.07) is 6.46. The third-order valence-electron chi connectivity index (χ3n) is 5.87. The maximum atomic E-state index is 10.8. The fourth-order valence-electron chi connectivity index (χ4n) is 4.07. The summed E-state index contributed by atoms with van der Waals surface area (Å²) in [5.74, 6) is 0.420. The van der Waals surface area contributed by atoms with E-state index >= 15 is 0 Å². The molecule has 0 heterocycles. The molecule has 0 spiro atoms. The van der Waals surface area contributed by atoms with Crippen molar-refractivity contribution < 1.29 is 32.7 Å². The van der Waals surface area contributed by atoms with Gasteiger partial charge < -0.3 is 27.9 Å². The Labute approximate surface area is 225 Å². The van der Waals surface area contributed by atoms with Crippen molar-refractivity contribution in [2.24, 2.45) is 0 Å². The highest BCUT2D eigenvalue weighted by atomic mass is 28.4. The fraction of sp³-hybridized carbons (Fsp3) is 0.690. The Morgan fingerprint density at radius 1 is 0.757 bits per heavy atom. The van der Waals surface area contributed by atoms with E-state index in [1.165, 1.54) is 19.3 Å². The first-order valence-electron chi connectivity index (χ1n) is 14.2. The van der Waals surface area contributed by atoms with Crippen LogP contribution in [0.5, 0.6) is 11.5 Å². The fourth-order valence-corrected chi connectivity index (χ4v) is 6.76. The van der Waals surface area contributed by atoms with E-state index in [9.17, 15) is 4.79 Å². The maximum absolute atomic E-state index is 10.8. The minimum absolute atomic E-state index is 0.625. The first-order valence-corrected chi connectivity index (χ1v) is 16.2. The van der Waals surface area contributed by atoms with Gasteiger partial charge in [-0.3, -0.25) is 0 Å². The second-order valence-electron chi connectivity index (χ2n) is 8.99. The molecule has 0 radical (unpaired) electrons. The number of hydrogen-bond acceptors (Lipinski definition) is 6. The van der Waals surface area contributed by atoms with Crippen molar-refractivity contribution >= 4 is 20.8 Å². The number of carboxylic acids is 1. The summed E-state index contributed by atoms with van der Waals surface area (Å²) in [4.78, 5) is 10.8. The van der Waals surface area contributed by atoms with Crippen LogP contribution in [0.25, 0.3) is 6.08 Å². The largest absolute Gasteiger partial charge is 0.500 e. The quantitative estimate of drug-likeness (QED) is 0.0828. The molecule has 0 aliphatic rings. The molecule has 1 aromatic carbocycles. The standard InChI is InChI=1S/C29H50O7Si/c1-5-9-10-15-23-33-28-25-26(19-21-29(30)31)18-20-27(28)32-22-16-13-11-12-14-17-24-37(34-6-2,35-7-3)36-8-4/h18-21,25H,5-17,22-24H2,1-4H3,(H,30,31)/b21-19+. The van der Waals surface area contributed by atoms with Gasteiger partial charge in [0.2, 0.25) is 0 Å². The minimum Gasteiger partial charge on any atom is -0.490 e. The highest BCUT2D eigenvalue weighted by molar-refractivity contribution is 6.60. The Morgan fingerprint density at radius 3 is 1.86 bits per heavy atom. The summed E-state index contributed by atoms with van der Waals surface area (Å²) in [7, 11) is -2.52. The van der Waals surface area contributed by atoms with Gasteiger partial charge in [-0.1, -0.05) is 57.9 Å². The van der Waals surface area contributed by atoms with Crippen LogP contribution in [-0.4, -0.2) is 52.9 Å². The molecule has 7 nitrogen and oxygen atoms in total. The number of carbonyl (C=O) groups is 1. The number of aliphatic carboxylic acids is 1. The van der Waals surface area contributed by atoms with Crippen LogP contribution in [0.2, 0.25) is 6.04 Å². The number of benzene rings is 1. The average molecular weight is 539 g/mol. The van der Waals surface area contributed by atoms with Crippen molar-refractivity contribution in [2.75, 3.05) is 33.0 Å². The van der Waals surface area contributed by atoms with Crippen LogP contribution in [-0.2, 0) is 18.1 Å². The van der Waals surface area contributed by atoms with E-state index in [-0.39, 0.29) is 0 Å². The summed E-state index contributed by atoms with van der Waals surface area (Å²) in [5.41, 5.74) is 0.781. The molecular weight excluding hydrogens is 488 g/mol. The SMILES string of the molecule is CCCCCCOc1cc(/C=C/C(=O)O)ccc1OCCCCCCCC[Si](OCC)(OCC)OCC. The van der Waals surface area contributed by atoms with Crippen LogP contribution >= 0.6 is 0 Å². The Kier molecular flexibility index (Phi) is 18.9. The third kappa shape index (κ3) is 15.2. The predicted molar refractivity (Wildman–Crippen MR) is 151 cm³/mol. The molecule has 1 N–H and O–H groups in total. The summed E-state index contributed by atoms with van der Waals surface area (Å²) < 4.78 is 29.8. The Bertz CT molecular complexity index is 737. The van der Waals surface area contributed by atoms with Gasteiger partial charge in [0.05, 0.1) is 13.2 Å². The van der Waals surface area contributed by atoms with Crippen molar-refractivity contribution in [1.29, 1.82) is 0 Å². The maximum Gasteiger partial charge on any atom is 0.500 e. The van der Waals surface area contributed by atoms with Gasteiger partial charge in [-0.2, -0.15) is 0 Å². The number of unbranched alkanes of at least 4 members (excludes halogenated alkanes) is 8. The molecule has 0 unspecified atom stereocenters. The van der Waals surface area contributed by atoms with Crippen LogP contribution < -0.4 is 9.47 Å². The van der Waals surface area contributed by atoms with Crippen molar-refractivity contribution in [3.8, 4) is 11.5 Å². The van der Waals surface area contributed by atoms with Crippen LogP contribution in [0, 0.1) is 0 Å². The molecule has 0 aliphatic carbocycles. The molecular formula is C29H50O7Si. The van der Waals surface area contributed by atoms with Gasteiger partial charge in [0, 0.05) is 31.9 Å². The molecule has 8 heteroatoms. The molecule has 0 amide bonds. The van der Waals surface area contributed by atoms with E-state index < -0.39 is 14.8 Å². The van der Waals surface area contributed by atoms with Crippen molar-refractivity contribution in [1.82, 2.24) is 0 Å². The zero-order valence-electron chi connectivity index (χ0n) is 23.6. The predicted octanol–water partition coefficient (Wildman–Crippen LogP) is 7.51. The highest BCUT2D eigenvalue weighted by Crippen LogP contribution is 2.30. The summed E-state index contributed by atoms with van der Waals surface area (Å²) >= 11 is 0. The summed E-state index contributed by atoms with van der Waals surface area (Å²) in [5, 5.41) is 8.90. The van der Waals surface area contributed by atoms with Gasteiger partial charge in [-0.15, -0.1) is 0 Å². The van der Waals surface area contributed by atoms with Crippen molar-refractivity contribution in [3.63, 3.8) is 0 Å². The van der Waals surface area contributed by atoms with E-state index in [0.29, 0.717) is 44.5 Å². The number of ether oxygens (including phenoxy) is 2. The van der Waals surface area contributed by atoms with Gasteiger partial charge >= 0.3 is 14.8 Å². The summed E-state index contributed by atoms with van der Waals surface area (Å²) in [6.07, 6.45) is 13.8. The first kappa shape index (κ1) is 33.2. The van der Waals surface area contributed by atoms with Gasteiger partial charge in [-0.05, 0) is 63.8 Å². The van der Waals surface area contributed by atoms with Gasteiger partial charge in [-0.25, -0.2) is 4.79 Å². The zero-order chi connectivity index (χ0) is 27.2. The molecule has 0 saturated heterocycles. The molecule has 37 heavy (non-hydrogen) atoms. The Balaban J connectivity index is 2.42. The normalized spacial score (nSPS) is 11.8. The van der Waals surface area contributed by atoms with Crippen LogP contribution in [0.1, 0.15) is 97.5 Å². The molecule has 1 rings (SSSR count). The lowest BCUT2D eigenvalue weighted by Crippen LogP contribution is -2.45. The molecule has 212 valence electrons. The lowest BCUT2D eigenvalue weighted by molar-refractivity contribution is -0.131. The van der Waals surface area contributed by atoms with E-state index in [1.807, 2.05) is 39.0 Å². The number of carboxylic acid groups (broad SMARTS) is 1. The van der Waals surface area contributed by atoms with Gasteiger partial charge in [0.25, 0.3) is 0 Å². The second kappa shape index (κ2) is 21.1. The Hall–Kier alpha value is -1.87. The van der Waals surface area contributed by atoms with E-state index in [2.05, 4.69) is 6.92 Å². The topological polar surface area (TPSA) is 83.5 Å². The van der Waals surface area contributed by atoms with E-state index in [0.717, 1.165) is 62.6 Å².